The number of nitrogens with one attached hydrogen (secondary N) is 1. The van der Waals surface area contributed by atoms with Gasteiger partial charge in [0.05, 0.1) is 5.54 Å². The van der Waals surface area contributed by atoms with E-state index in [-0.39, 0.29) is 29.8 Å². The lowest BCUT2D eigenvalue weighted by Crippen LogP contribution is -2.44. The van der Waals surface area contributed by atoms with Crippen LogP contribution in [0.2, 0.25) is 0 Å². The van der Waals surface area contributed by atoms with Crippen molar-refractivity contribution in [3.63, 3.8) is 0 Å². The zero-order valence-electron chi connectivity index (χ0n) is 15.8. The molecule has 138 valence electrons. The number of nitrogens with zero attached hydrogens (tertiary/aromatic N) is 2. The summed E-state index contributed by atoms with van der Waals surface area (Å²) in [5.74, 6) is 0.568. The molecule has 2 aliphatic rings. The molecule has 2 amide bonds. The van der Waals surface area contributed by atoms with Crippen molar-refractivity contribution >= 4 is 23.3 Å². The molecule has 1 aliphatic heterocycles. The summed E-state index contributed by atoms with van der Waals surface area (Å²) >= 11 is 1.57. The Balaban J connectivity index is 1.53. The lowest BCUT2D eigenvalue weighted by molar-refractivity contribution is -0.125. The molecule has 6 nitrogen and oxygen atoms in total. The first kappa shape index (κ1) is 18.2. The maximum absolute atomic E-state index is 12.7. The van der Waals surface area contributed by atoms with E-state index in [2.05, 4.69) is 10.3 Å². The zero-order chi connectivity index (χ0) is 18.6. The van der Waals surface area contributed by atoms with Crippen LogP contribution in [0.5, 0.6) is 0 Å². The Hall–Kier alpha value is -1.63. The Morgan fingerprint density at radius 1 is 1.24 bits per heavy atom. The van der Waals surface area contributed by atoms with Gasteiger partial charge < -0.3 is 15.0 Å². The summed E-state index contributed by atoms with van der Waals surface area (Å²) < 4.78 is 5.41. The van der Waals surface area contributed by atoms with E-state index in [0.717, 1.165) is 10.7 Å². The van der Waals surface area contributed by atoms with Crippen LogP contribution >= 0.6 is 11.3 Å². The number of likely N-dealkylation sites (tertiary alicyclic amines) is 1. The molecule has 1 N–H and O–H groups in total. The molecular formula is C18H27N3O3S. The number of piperidine rings is 1. The van der Waals surface area contributed by atoms with E-state index in [1.54, 1.807) is 16.2 Å². The Morgan fingerprint density at radius 3 is 2.32 bits per heavy atom. The number of hydrogen-bond donors (Lipinski definition) is 1. The molecule has 0 radical (unpaired) electrons. The number of carbonyl (C=O) groups excluding carboxylic acids is 2. The maximum atomic E-state index is 12.7. The molecule has 1 unspecified atom stereocenters. The molecule has 0 aromatic carbocycles. The van der Waals surface area contributed by atoms with Crippen LogP contribution in [0, 0.1) is 24.7 Å². The first-order valence-corrected chi connectivity index (χ1v) is 9.58. The van der Waals surface area contributed by atoms with Gasteiger partial charge in [-0.25, -0.2) is 9.78 Å². The summed E-state index contributed by atoms with van der Waals surface area (Å²) in [7, 11) is 0. The lowest BCUT2D eigenvalue weighted by atomic mass is 10.1. The third kappa shape index (κ3) is 3.81. The van der Waals surface area contributed by atoms with Gasteiger partial charge in [0.2, 0.25) is 5.91 Å². The third-order valence-electron chi connectivity index (χ3n) is 4.74. The fourth-order valence-corrected chi connectivity index (χ4v) is 4.35. The summed E-state index contributed by atoms with van der Waals surface area (Å²) in [6.45, 7) is 12.7. The van der Waals surface area contributed by atoms with Crippen LogP contribution in [-0.4, -0.2) is 40.6 Å². The third-order valence-corrected chi connectivity index (χ3v) is 6.02. The molecule has 25 heavy (non-hydrogen) atoms. The van der Waals surface area contributed by atoms with Crippen molar-refractivity contribution in [3.8, 4) is 0 Å². The molecule has 1 aromatic heterocycles. The molecule has 3 rings (SSSR count). The van der Waals surface area contributed by atoms with E-state index in [1.165, 1.54) is 0 Å². The molecule has 1 saturated heterocycles. The topological polar surface area (TPSA) is 71.5 Å². The quantitative estimate of drug-likeness (QED) is 0.894. The molecule has 2 fully saturated rings. The summed E-state index contributed by atoms with van der Waals surface area (Å²) in [6, 6.07) is 0. The highest BCUT2D eigenvalue weighted by Gasteiger charge is 2.61. The van der Waals surface area contributed by atoms with Gasteiger partial charge >= 0.3 is 6.09 Å². The van der Waals surface area contributed by atoms with Crippen LogP contribution in [0.3, 0.4) is 0 Å². The van der Waals surface area contributed by atoms with Crippen molar-refractivity contribution in [1.29, 1.82) is 0 Å². The summed E-state index contributed by atoms with van der Waals surface area (Å²) in [5.41, 5.74) is 0.00691. The molecule has 7 heteroatoms. The van der Waals surface area contributed by atoms with Gasteiger partial charge in [-0.05, 0) is 53.4 Å². The molecule has 2 heterocycles. The van der Waals surface area contributed by atoms with Crippen molar-refractivity contribution in [2.45, 2.75) is 52.7 Å². The second kappa shape index (κ2) is 5.97. The maximum Gasteiger partial charge on any atom is 0.410 e. The van der Waals surface area contributed by atoms with Crippen LogP contribution in [0.1, 0.15) is 45.3 Å². The van der Waals surface area contributed by atoms with E-state index in [9.17, 15) is 9.59 Å². The van der Waals surface area contributed by atoms with E-state index < -0.39 is 11.1 Å². The predicted octanol–water partition coefficient (Wildman–Crippen LogP) is 2.92. The summed E-state index contributed by atoms with van der Waals surface area (Å²) in [5, 5.41) is 6.04. The average Bonchev–Trinajstić information content (AvgIpc) is 2.83. The van der Waals surface area contributed by atoms with Gasteiger partial charge in [0.25, 0.3) is 0 Å². The SMILES string of the molecule is Cc1csc(C(C)(C)NC(=O)C2[C@H]3CN(C(=O)OC(C)(C)C)C[C@@H]23)n1. The Kier molecular flexibility index (Phi) is 4.34. The van der Waals surface area contributed by atoms with Crippen LogP contribution in [-0.2, 0) is 15.1 Å². The standard InChI is InChI=1S/C18H27N3O3S/c1-10-9-25-15(19-10)18(5,6)20-14(22)13-11-7-21(8-12(11)13)16(23)24-17(2,3)4/h9,11-13H,7-8H2,1-6H3,(H,20,22)/t11-,12+,13?. The van der Waals surface area contributed by atoms with Crippen LogP contribution in [0.15, 0.2) is 5.38 Å². The van der Waals surface area contributed by atoms with Gasteiger partial charge in [-0.2, -0.15) is 0 Å². The molecular weight excluding hydrogens is 338 g/mol. The van der Waals surface area contributed by atoms with Gasteiger partial charge in [0.1, 0.15) is 10.6 Å². The lowest BCUT2D eigenvalue weighted by Gasteiger charge is -2.27. The van der Waals surface area contributed by atoms with Crippen molar-refractivity contribution in [1.82, 2.24) is 15.2 Å². The molecule has 1 saturated carbocycles. The molecule has 1 aromatic rings. The van der Waals surface area contributed by atoms with Gasteiger partial charge in [-0.3, -0.25) is 4.79 Å². The van der Waals surface area contributed by atoms with Gasteiger partial charge in [0.15, 0.2) is 0 Å². The average molecular weight is 365 g/mol. The fourth-order valence-electron chi connectivity index (χ4n) is 3.48. The zero-order valence-corrected chi connectivity index (χ0v) is 16.6. The van der Waals surface area contributed by atoms with Gasteiger partial charge in [-0.1, -0.05) is 0 Å². The van der Waals surface area contributed by atoms with Crippen molar-refractivity contribution in [3.05, 3.63) is 16.1 Å². The number of carbonyl (C=O) groups is 2. The first-order valence-electron chi connectivity index (χ1n) is 8.70. The van der Waals surface area contributed by atoms with Gasteiger partial charge in [0, 0.05) is 30.1 Å². The van der Waals surface area contributed by atoms with Crippen LogP contribution in [0.25, 0.3) is 0 Å². The van der Waals surface area contributed by atoms with E-state index in [1.807, 2.05) is 46.9 Å². The highest BCUT2D eigenvalue weighted by atomic mass is 32.1. The second-order valence-electron chi connectivity index (χ2n) is 8.65. The summed E-state index contributed by atoms with van der Waals surface area (Å²) in [4.78, 5) is 31.0. The fraction of sp³-hybridized carbons (Fsp3) is 0.722. The molecule has 0 bridgehead atoms. The van der Waals surface area contributed by atoms with Crippen molar-refractivity contribution in [2.24, 2.45) is 17.8 Å². The monoisotopic (exact) mass is 365 g/mol. The van der Waals surface area contributed by atoms with Crippen LogP contribution in [0.4, 0.5) is 4.79 Å². The Bertz CT molecular complexity index is 680. The Labute approximate surface area is 153 Å². The predicted molar refractivity (Wildman–Crippen MR) is 96.3 cm³/mol. The van der Waals surface area contributed by atoms with E-state index in [0.29, 0.717) is 13.1 Å². The highest BCUT2D eigenvalue weighted by molar-refractivity contribution is 7.09. The first-order chi connectivity index (χ1) is 11.5. The molecule has 0 spiro atoms. The van der Waals surface area contributed by atoms with Crippen molar-refractivity contribution in [2.75, 3.05) is 13.1 Å². The van der Waals surface area contributed by atoms with E-state index in [4.69, 9.17) is 4.74 Å². The largest absolute Gasteiger partial charge is 0.444 e. The number of aryl methyl sites for hydroxylation is 1. The number of hydrogen-bond acceptors (Lipinski definition) is 5. The van der Waals surface area contributed by atoms with Crippen LogP contribution < -0.4 is 5.32 Å². The number of thiazole rings is 1. The van der Waals surface area contributed by atoms with E-state index >= 15 is 0 Å². The normalized spacial score (nSPS) is 25.5. The second-order valence-corrected chi connectivity index (χ2v) is 9.51. The number of aromatic nitrogens is 1. The molecule has 1 aliphatic carbocycles. The number of fused-ring (bicyclic) bond motifs is 1. The smallest absolute Gasteiger partial charge is 0.410 e. The molecule has 3 atom stereocenters. The summed E-state index contributed by atoms with van der Waals surface area (Å²) in [6.07, 6.45) is -0.280. The minimum atomic E-state index is -0.490. The van der Waals surface area contributed by atoms with Gasteiger partial charge in [-0.15, -0.1) is 11.3 Å². The number of rotatable bonds is 3. The number of ether oxygens (including phenoxy) is 1. The highest BCUT2D eigenvalue weighted by Crippen LogP contribution is 2.52. The minimum Gasteiger partial charge on any atom is -0.444 e. The number of amides is 2. The Morgan fingerprint density at radius 2 is 1.84 bits per heavy atom. The van der Waals surface area contributed by atoms with Crippen molar-refractivity contribution < 1.29 is 14.3 Å². The minimum absolute atomic E-state index is 0.000907.